The molecule has 0 saturated carbocycles. The quantitative estimate of drug-likeness (QED) is 0.0884. The third-order valence-corrected chi connectivity index (χ3v) is 10.8. The largest absolute Gasteiger partial charge is 0.416 e. The van der Waals surface area contributed by atoms with Gasteiger partial charge in [-0.05, 0) is 36.8 Å². The first-order chi connectivity index (χ1) is 33.0. The lowest BCUT2D eigenvalue weighted by Crippen LogP contribution is -2.75. The number of nitrogens with zero attached hydrogens (tertiary/aromatic N) is 2. The van der Waals surface area contributed by atoms with Gasteiger partial charge in [-0.1, -0.05) is 85.4 Å². The smallest absolute Gasteiger partial charge is 0.244 e. The Balaban J connectivity index is 0.000000520. The van der Waals surface area contributed by atoms with Gasteiger partial charge in [0.25, 0.3) is 0 Å². The van der Waals surface area contributed by atoms with Gasteiger partial charge in [-0.2, -0.15) is 132 Å². The summed E-state index contributed by atoms with van der Waals surface area (Å²) >= 11 is 0. The van der Waals surface area contributed by atoms with E-state index < -0.39 is 195 Å². The van der Waals surface area contributed by atoms with E-state index in [-0.39, 0.29) is 0 Å². The van der Waals surface area contributed by atoms with E-state index in [1.54, 1.807) is 0 Å². The van der Waals surface area contributed by atoms with Crippen LogP contribution in [0.25, 0.3) is 5.57 Å². The van der Waals surface area contributed by atoms with Crippen molar-refractivity contribution in [3.05, 3.63) is 184 Å². The highest BCUT2D eigenvalue weighted by Crippen LogP contribution is 2.41. The van der Waals surface area contributed by atoms with Gasteiger partial charge in [0.2, 0.25) is 0 Å². The molecule has 6 rings (SSSR count). The van der Waals surface area contributed by atoms with Gasteiger partial charge in [-0.15, -0.1) is 0 Å². The molecule has 5 aromatic carbocycles. The molecule has 6 aromatic rings. The third-order valence-electron chi connectivity index (χ3n) is 10.8. The van der Waals surface area contributed by atoms with E-state index in [0.29, 0.717) is 0 Å². The number of alkyl halides is 24. The summed E-state index contributed by atoms with van der Waals surface area (Å²) in [5.41, 5.74) is -27.0. The number of allylic oxidation sites excluding steroid dienone is 1. The molecule has 0 bridgehead atoms. The molecule has 0 amide bonds. The standard InChI is InChI=1S/C32H12BF24.C14H15N2/c34-25(35,36)13-1-14(26(37,38)39)6-21(5-13)33(22-7-15(27(40,41)42)2-16(8-22)28(43,44)45,23-9-17(29(46,47)48)3-18(10-23)30(49,50)51)24-11-19(31(52,53)54)4-20(12-24)32(55,56)57;1-12(2)14-11-16(9-8-15-14)10-13-6-4-3-5-7-13/h1-12H;3-9,11H,1,10H2,2H3/q-1;+1. The molecule has 0 unspecified atom stereocenters. The van der Waals surface area contributed by atoms with Gasteiger partial charge in [0.1, 0.15) is 11.8 Å². The van der Waals surface area contributed by atoms with E-state index in [2.05, 4.69) is 40.4 Å². The average molecular weight is 1070 g/mol. The minimum absolute atomic E-state index is 0.691. The Kier molecular flexibility index (Phi) is 15.4. The molecule has 0 saturated heterocycles. The highest BCUT2D eigenvalue weighted by atomic mass is 19.4. The van der Waals surface area contributed by atoms with Gasteiger partial charge >= 0.3 is 49.4 Å². The SMILES string of the molecule is C=C(C)c1c[n+](Cc2ccccc2)ccn1.FC(F)(F)c1cc([B-](c2cc(C(F)(F)F)cc(C(F)(F)F)c2)(c2cc(C(F)(F)F)cc(C(F)(F)F)c2)c2cc(C(F)(F)F)cc(C(F)(F)F)c2)cc(C(F)(F)F)c1. The minimum atomic E-state index is -6.13. The van der Waals surface area contributed by atoms with Crippen LogP contribution >= 0.6 is 0 Å². The fourth-order valence-electron chi connectivity index (χ4n) is 7.62. The lowest BCUT2D eigenvalue weighted by molar-refractivity contribution is -0.689. The molecule has 0 spiro atoms. The normalized spacial score (nSPS) is 13.4. The Labute approximate surface area is 395 Å². The molecule has 0 N–H and O–H groups in total. The molecule has 27 heteroatoms. The second-order valence-corrected chi connectivity index (χ2v) is 16.1. The molecule has 0 aliphatic heterocycles. The molecule has 392 valence electrons. The van der Waals surface area contributed by atoms with Crippen LogP contribution in [0.3, 0.4) is 0 Å². The van der Waals surface area contributed by atoms with Gasteiger partial charge in [-0.3, -0.25) is 0 Å². The van der Waals surface area contributed by atoms with E-state index in [4.69, 9.17) is 0 Å². The summed E-state index contributed by atoms with van der Waals surface area (Å²) in [5, 5.41) is 0. The summed E-state index contributed by atoms with van der Waals surface area (Å²) in [6.07, 6.45) is -49.0. The Bertz CT molecular complexity index is 2520. The topological polar surface area (TPSA) is 16.8 Å². The fraction of sp³-hybridized carbons (Fsp3) is 0.217. The Morgan fingerprint density at radius 3 is 0.877 bits per heavy atom. The van der Waals surface area contributed by atoms with Crippen LogP contribution in [-0.2, 0) is 56.0 Å². The highest BCUT2D eigenvalue weighted by Gasteiger charge is 2.47. The van der Waals surface area contributed by atoms with Gasteiger partial charge in [0, 0.05) is 5.56 Å². The van der Waals surface area contributed by atoms with Crippen LogP contribution in [0.5, 0.6) is 0 Å². The predicted octanol–water partition coefficient (Wildman–Crippen LogP) is 13.7. The number of benzene rings is 5. The van der Waals surface area contributed by atoms with Crippen LogP contribution in [-0.4, -0.2) is 11.1 Å². The van der Waals surface area contributed by atoms with Gasteiger partial charge in [-0.25, -0.2) is 4.98 Å². The van der Waals surface area contributed by atoms with Crippen molar-refractivity contribution in [3.8, 4) is 0 Å². The second-order valence-electron chi connectivity index (χ2n) is 16.1. The van der Waals surface area contributed by atoms with Crippen LogP contribution in [0, 0.1) is 0 Å². The maximum atomic E-state index is 14.2. The van der Waals surface area contributed by atoms with Crippen molar-refractivity contribution in [2.24, 2.45) is 0 Å². The van der Waals surface area contributed by atoms with Crippen molar-refractivity contribution in [2.75, 3.05) is 0 Å². The molecule has 2 nitrogen and oxygen atoms in total. The van der Waals surface area contributed by atoms with E-state index in [1.807, 2.05) is 31.6 Å². The zero-order chi connectivity index (χ0) is 55.3. The van der Waals surface area contributed by atoms with Crippen molar-refractivity contribution >= 4 is 33.6 Å². The summed E-state index contributed by atoms with van der Waals surface area (Å²) in [7, 11) is 0. The van der Waals surface area contributed by atoms with E-state index in [1.165, 1.54) is 5.56 Å². The Morgan fingerprint density at radius 2 is 0.658 bits per heavy atom. The maximum absolute atomic E-state index is 14.2. The van der Waals surface area contributed by atoms with Gasteiger partial charge < -0.3 is 0 Å². The molecule has 0 radical (unpaired) electrons. The highest BCUT2D eigenvalue weighted by molar-refractivity contribution is 7.20. The van der Waals surface area contributed by atoms with Crippen molar-refractivity contribution < 1.29 is 110 Å². The Hall–Kier alpha value is -6.70. The first kappa shape index (κ1) is 57.2. The number of rotatable bonds is 7. The zero-order valence-corrected chi connectivity index (χ0v) is 36.0. The monoisotopic (exact) mass is 1070 g/mol. The average Bonchev–Trinajstić information content (AvgIpc) is 3.24. The molecular weight excluding hydrogens is 1050 g/mol. The number of hydrogen-bond acceptors (Lipinski definition) is 1. The first-order valence-electron chi connectivity index (χ1n) is 19.9. The zero-order valence-electron chi connectivity index (χ0n) is 36.0. The molecule has 73 heavy (non-hydrogen) atoms. The van der Waals surface area contributed by atoms with Crippen molar-refractivity contribution in [3.63, 3.8) is 0 Å². The van der Waals surface area contributed by atoms with Gasteiger partial charge in [0.05, 0.1) is 50.7 Å². The number of aromatic nitrogens is 2. The first-order valence-corrected chi connectivity index (χ1v) is 19.9. The summed E-state index contributed by atoms with van der Waals surface area (Å²) in [4.78, 5) is 4.26. The van der Waals surface area contributed by atoms with Crippen LogP contribution < -0.4 is 26.4 Å². The van der Waals surface area contributed by atoms with Crippen molar-refractivity contribution in [1.29, 1.82) is 0 Å². The van der Waals surface area contributed by atoms with Crippen molar-refractivity contribution in [2.45, 2.75) is 62.9 Å². The van der Waals surface area contributed by atoms with Crippen LogP contribution in [0.1, 0.15) is 62.7 Å². The summed E-state index contributed by atoms with van der Waals surface area (Å²) in [6.45, 7) is 6.73. The molecule has 0 fully saturated rings. The molecule has 1 aromatic heterocycles. The number of halogens is 24. The molecule has 0 aliphatic rings. The number of hydrogen-bond donors (Lipinski definition) is 0. The van der Waals surface area contributed by atoms with Crippen LogP contribution in [0.2, 0.25) is 0 Å². The van der Waals surface area contributed by atoms with Crippen molar-refractivity contribution in [1.82, 2.24) is 4.98 Å². The molecule has 0 aliphatic carbocycles. The van der Waals surface area contributed by atoms with E-state index in [0.717, 1.165) is 17.8 Å². The van der Waals surface area contributed by atoms with Crippen LogP contribution in [0.4, 0.5) is 105 Å². The fourth-order valence-corrected chi connectivity index (χ4v) is 7.62. The molecular formula is C46H27BF24N2. The lowest BCUT2D eigenvalue weighted by Gasteiger charge is -2.46. The molecule has 0 atom stereocenters. The summed E-state index contributed by atoms with van der Waals surface area (Å²) in [6, 6.07) is 1.56. The predicted molar refractivity (Wildman–Crippen MR) is 215 cm³/mol. The lowest BCUT2D eigenvalue weighted by atomic mass is 9.12. The maximum Gasteiger partial charge on any atom is 0.416 e. The second kappa shape index (κ2) is 19.6. The van der Waals surface area contributed by atoms with Crippen LogP contribution in [0.15, 0.2) is 128 Å². The molecule has 1 heterocycles. The van der Waals surface area contributed by atoms with E-state index in [9.17, 15) is 105 Å². The minimum Gasteiger partial charge on any atom is -0.244 e. The Morgan fingerprint density at radius 1 is 0.411 bits per heavy atom. The third kappa shape index (κ3) is 13.5. The summed E-state index contributed by atoms with van der Waals surface area (Å²) in [5.74, 6) is 0. The summed E-state index contributed by atoms with van der Waals surface area (Å²) < 4.78 is 343. The van der Waals surface area contributed by atoms with E-state index >= 15 is 0 Å². The van der Waals surface area contributed by atoms with Gasteiger partial charge in [0.15, 0.2) is 18.9 Å².